The number of rotatable bonds is 3. The maximum atomic E-state index is 14.0. The molecule has 3 rings (SSSR count). The van der Waals surface area contributed by atoms with E-state index in [4.69, 9.17) is 4.74 Å². The van der Waals surface area contributed by atoms with Crippen LogP contribution in [0.4, 0.5) is 14.9 Å². The van der Waals surface area contributed by atoms with Crippen LogP contribution in [0.15, 0.2) is 48.8 Å². The van der Waals surface area contributed by atoms with E-state index >= 15 is 0 Å². The highest BCUT2D eigenvalue weighted by Gasteiger charge is 2.32. The summed E-state index contributed by atoms with van der Waals surface area (Å²) in [5, 5.41) is 2.79. The average molecular weight is 329 g/mol. The molecule has 1 aromatic carbocycles. The van der Waals surface area contributed by atoms with Gasteiger partial charge in [-0.2, -0.15) is 0 Å². The number of amides is 2. The van der Waals surface area contributed by atoms with Gasteiger partial charge in [0, 0.05) is 18.4 Å². The van der Waals surface area contributed by atoms with Gasteiger partial charge in [0.05, 0.1) is 12.7 Å². The molecular weight excluding hydrogens is 309 g/mol. The van der Waals surface area contributed by atoms with Crippen molar-refractivity contribution in [3.63, 3.8) is 0 Å². The van der Waals surface area contributed by atoms with Crippen molar-refractivity contribution in [1.29, 1.82) is 0 Å². The van der Waals surface area contributed by atoms with Crippen molar-refractivity contribution in [1.82, 2.24) is 9.88 Å². The molecule has 1 saturated heterocycles. The molecule has 5 nitrogen and oxygen atoms in total. The maximum absolute atomic E-state index is 14.0. The third-order valence-corrected chi connectivity index (χ3v) is 3.91. The third kappa shape index (κ3) is 4.22. The standard InChI is InChI=1S/C18H20FN3O2/c1-18(19)9-3-11-22(13-18)17(23)21-14-5-7-15(8-6-14)24-16-4-2-10-20-12-16/h2,4-8,10,12H,3,9,11,13H2,1H3,(H,21,23). The Labute approximate surface area is 140 Å². The van der Waals surface area contributed by atoms with Gasteiger partial charge < -0.3 is 15.0 Å². The summed E-state index contributed by atoms with van der Waals surface area (Å²) in [6.45, 7) is 2.24. The summed E-state index contributed by atoms with van der Waals surface area (Å²) in [6, 6.07) is 10.4. The van der Waals surface area contributed by atoms with Gasteiger partial charge in [-0.05, 0) is 56.2 Å². The number of nitrogens with one attached hydrogen (secondary N) is 1. The molecule has 1 aliphatic heterocycles. The van der Waals surface area contributed by atoms with Gasteiger partial charge in [-0.3, -0.25) is 4.98 Å². The van der Waals surface area contributed by atoms with Crippen LogP contribution in [0, 0.1) is 0 Å². The van der Waals surface area contributed by atoms with Crippen LogP contribution in [0.25, 0.3) is 0 Å². The van der Waals surface area contributed by atoms with Gasteiger partial charge in [-0.25, -0.2) is 9.18 Å². The first-order valence-electron chi connectivity index (χ1n) is 7.95. The van der Waals surface area contributed by atoms with Crippen molar-refractivity contribution in [2.24, 2.45) is 0 Å². The van der Waals surface area contributed by atoms with Crippen molar-refractivity contribution in [2.75, 3.05) is 18.4 Å². The lowest BCUT2D eigenvalue weighted by atomic mass is 9.97. The van der Waals surface area contributed by atoms with E-state index < -0.39 is 5.67 Å². The van der Waals surface area contributed by atoms with E-state index in [-0.39, 0.29) is 12.6 Å². The summed E-state index contributed by atoms with van der Waals surface area (Å²) in [7, 11) is 0. The van der Waals surface area contributed by atoms with Gasteiger partial charge in [-0.15, -0.1) is 0 Å². The number of urea groups is 1. The largest absolute Gasteiger partial charge is 0.456 e. The topological polar surface area (TPSA) is 54.5 Å². The van der Waals surface area contributed by atoms with Crippen LogP contribution in [0.2, 0.25) is 0 Å². The molecule has 6 heteroatoms. The van der Waals surface area contributed by atoms with E-state index in [1.54, 1.807) is 42.7 Å². The molecule has 1 unspecified atom stereocenters. The number of carbonyl (C=O) groups is 1. The normalized spacial score (nSPS) is 20.5. The second-order valence-corrected chi connectivity index (χ2v) is 6.18. The van der Waals surface area contributed by atoms with Gasteiger partial charge in [0.25, 0.3) is 0 Å². The molecule has 1 atom stereocenters. The number of aromatic nitrogens is 1. The number of piperidine rings is 1. The summed E-state index contributed by atoms with van der Waals surface area (Å²) >= 11 is 0. The lowest BCUT2D eigenvalue weighted by Crippen LogP contribution is -2.47. The molecule has 1 aromatic heterocycles. The third-order valence-electron chi connectivity index (χ3n) is 3.91. The summed E-state index contributed by atoms with van der Waals surface area (Å²) in [5.41, 5.74) is -0.665. The smallest absolute Gasteiger partial charge is 0.321 e. The molecule has 2 aromatic rings. The molecule has 0 radical (unpaired) electrons. The number of likely N-dealkylation sites (tertiary alicyclic amines) is 1. The number of carbonyl (C=O) groups excluding carboxylic acids is 1. The fourth-order valence-electron chi connectivity index (χ4n) is 2.72. The van der Waals surface area contributed by atoms with E-state index in [1.165, 1.54) is 11.8 Å². The summed E-state index contributed by atoms with van der Waals surface area (Å²) < 4.78 is 19.7. The Hall–Kier alpha value is -2.63. The fraction of sp³-hybridized carbons (Fsp3) is 0.333. The van der Waals surface area contributed by atoms with Crippen molar-refractivity contribution >= 4 is 11.7 Å². The molecule has 126 valence electrons. The van der Waals surface area contributed by atoms with Crippen LogP contribution < -0.4 is 10.1 Å². The number of hydrogen-bond acceptors (Lipinski definition) is 3. The Kier molecular flexibility index (Phi) is 4.64. The predicted octanol–water partition coefficient (Wildman–Crippen LogP) is 4.23. The minimum Gasteiger partial charge on any atom is -0.456 e. The van der Waals surface area contributed by atoms with Gasteiger partial charge >= 0.3 is 6.03 Å². The van der Waals surface area contributed by atoms with E-state index in [2.05, 4.69) is 10.3 Å². The van der Waals surface area contributed by atoms with Crippen LogP contribution in [-0.2, 0) is 0 Å². The second kappa shape index (κ2) is 6.86. The molecule has 0 saturated carbocycles. The van der Waals surface area contributed by atoms with Crippen LogP contribution >= 0.6 is 0 Å². The van der Waals surface area contributed by atoms with Gasteiger partial charge in [-0.1, -0.05) is 0 Å². The molecule has 2 heterocycles. The number of benzene rings is 1. The summed E-state index contributed by atoms with van der Waals surface area (Å²) in [6.07, 6.45) is 4.48. The average Bonchev–Trinajstić information content (AvgIpc) is 2.57. The molecular formula is C18H20FN3O2. The van der Waals surface area contributed by atoms with Gasteiger partial charge in [0.1, 0.15) is 17.2 Å². The van der Waals surface area contributed by atoms with E-state index in [9.17, 15) is 9.18 Å². The molecule has 24 heavy (non-hydrogen) atoms. The van der Waals surface area contributed by atoms with E-state index in [0.29, 0.717) is 36.6 Å². The highest BCUT2D eigenvalue weighted by atomic mass is 19.1. The predicted molar refractivity (Wildman–Crippen MR) is 90.1 cm³/mol. The number of ether oxygens (including phenoxy) is 1. The van der Waals surface area contributed by atoms with Crippen molar-refractivity contribution < 1.29 is 13.9 Å². The van der Waals surface area contributed by atoms with Crippen molar-refractivity contribution in [3.05, 3.63) is 48.8 Å². The Balaban J connectivity index is 1.59. The Morgan fingerprint density at radius 1 is 1.29 bits per heavy atom. The monoisotopic (exact) mass is 329 g/mol. The number of alkyl halides is 1. The van der Waals surface area contributed by atoms with Crippen LogP contribution in [0.5, 0.6) is 11.5 Å². The van der Waals surface area contributed by atoms with Crippen molar-refractivity contribution in [3.8, 4) is 11.5 Å². The first-order chi connectivity index (χ1) is 11.5. The molecule has 0 bridgehead atoms. The highest BCUT2D eigenvalue weighted by Crippen LogP contribution is 2.26. The number of nitrogens with zero attached hydrogens (tertiary/aromatic N) is 2. The highest BCUT2D eigenvalue weighted by molar-refractivity contribution is 5.89. The quantitative estimate of drug-likeness (QED) is 0.917. The Morgan fingerprint density at radius 2 is 2.08 bits per heavy atom. The Bertz CT molecular complexity index is 689. The van der Waals surface area contributed by atoms with Crippen LogP contribution in [0.1, 0.15) is 19.8 Å². The van der Waals surface area contributed by atoms with Gasteiger partial charge in [0.2, 0.25) is 0 Å². The number of pyridine rings is 1. The van der Waals surface area contributed by atoms with Gasteiger partial charge in [0.15, 0.2) is 0 Å². The summed E-state index contributed by atoms with van der Waals surface area (Å²) in [4.78, 5) is 17.7. The molecule has 0 spiro atoms. The first-order valence-corrected chi connectivity index (χ1v) is 7.95. The molecule has 1 aliphatic rings. The van der Waals surface area contributed by atoms with E-state index in [0.717, 1.165) is 0 Å². The molecule has 2 amide bonds. The minimum atomic E-state index is -1.31. The minimum absolute atomic E-state index is 0.126. The van der Waals surface area contributed by atoms with E-state index in [1.807, 2.05) is 6.07 Å². The fourth-order valence-corrected chi connectivity index (χ4v) is 2.72. The van der Waals surface area contributed by atoms with Crippen LogP contribution in [-0.4, -0.2) is 34.7 Å². The summed E-state index contributed by atoms with van der Waals surface area (Å²) in [5.74, 6) is 1.29. The lowest BCUT2D eigenvalue weighted by molar-refractivity contribution is 0.0808. The zero-order valence-corrected chi connectivity index (χ0v) is 13.5. The van der Waals surface area contributed by atoms with Crippen molar-refractivity contribution in [2.45, 2.75) is 25.4 Å². The number of anilines is 1. The molecule has 1 N–H and O–H groups in total. The molecule has 0 aliphatic carbocycles. The zero-order chi connectivity index (χ0) is 17.0. The first kappa shape index (κ1) is 16.2. The molecule has 1 fully saturated rings. The maximum Gasteiger partial charge on any atom is 0.321 e. The number of halogens is 1. The zero-order valence-electron chi connectivity index (χ0n) is 13.5. The SMILES string of the molecule is CC1(F)CCCN(C(=O)Nc2ccc(Oc3cccnc3)cc2)C1. The second-order valence-electron chi connectivity index (χ2n) is 6.18. The Morgan fingerprint density at radius 3 is 2.75 bits per heavy atom. The van der Waals surface area contributed by atoms with Crippen LogP contribution in [0.3, 0.4) is 0 Å². The lowest BCUT2D eigenvalue weighted by Gasteiger charge is -2.35. The number of hydrogen-bond donors (Lipinski definition) is 1.